The van der Waals surface area contributed by atoms with E-state index in [1.165, 1.54) is 5.01 Å². The van der Waals surface area contributed by atoms with Crippen LogP contribution in [0.25, 0.3) is 0 Å². The smallest absolute Gasteiger partial charge is 0.384 e. The molecule has 35 heavy (non-hydrogen) atoms. The Bertz CT molecular complexity index is 1060. The predicted molar refractivity (Wildman–Crippen MR) is 130 cm³/mol. The van der Waals surface area contributed by atoms with E-state index in [0.29, 0.717) is 38.0 Å². The normalized spacial score (nSPS) is 17.4. The number of carbonyl (C=O) groups is 3. The lowest BCUT2D eigenvalue weighted by atomic mass is 9.98. The number of anilines is 1. The number of piperidine rings is 1. The summed E-state index contributed by atoms with van der Waals surface area (Å²) < 4.78 is 6.31. The highest BCUT2D eigenvalue weighted by Gasteiger charge is 2.39. The molecule has 2 atom stereocenters. The molecule has 0 spiro atoms. The molecule has 0 unspecified atom stereocenters. The monoisotopic (exact) mass is 485 g/mol. The van der Waals surface area contributed by atoms with Gasteiger partial charge in [-0.2, -0.15) is 4.68 Å². The summed E-state index contributed by atoms with van der Waals surface area (Å²) in [4.78, 5) is 51.3. The molecule has 1 aliphatic heterocycles. The first-order valence-corrected chi connectivity index (χ1v) is 12.2. The molecule has 3 rings (SSSR count). The van der Waals surface area contributed by atoms with Crippen molar-refractivity contribution < 1.29 is 18.8 Å². The molecule has 10 heteroatoms. The molecule has 1 aromatic carbocycles. The van der Waals surface area contributed by atoms with Crippen LogP contribution in [-0.4, -0.2) is 56.5 Å². The second kappa shape index (κ2) is 11.9. The molecule has 0 bridgehead atoms. The van der Waals surface area contributed by atoms with Crippen molar-refractivity contribution in [3.8, 4) is 0 Å². The maximum absolute atomic E-state index is 13.5. The molecular weight excluding hydrogens is 450 g/mol. The molecule has 2 heterocycles. The van der Waals surface area contributed by atoms with E-state index in [4.69, 9.17) is 4.42 Å². The Kier molecular flexibility index (Phi) is 8.97. The van der Waals surface area contributed by atoms with Crippen LogP contribution in [0.5, 0.6) is 0 Å². The van der Waals surface area contributed by atoms with Gasteiger partial charge in [0.15, 0.2) is 0 Å². The Balaban J connectivity index is 1.89. The minimum Gasteiger partial charge on any atom is -0.384 e. The van der Waals surface area contributed by atoms with Gasteiger partial charge in [-0.1, -0.05) is 45.9 Å². The highest BCUT2D eigenvalue weighted by Crippen LogP contribution is 2.25. The van der Waals surface area contributed by atoms with Crippen molar-refractivity contribution in [1.82, 2.24) is 19.8 Å². The van der Waals surface area contributed by atoms with Gasteiger partial charge >= 0.3 is 5.76 Å². The maximum Gasteiger partial charge on any atom is 0.437 e. The van der Waals surface area contributed by atoms with E-state index in [9.17, 15) is 19.2 Å². The van der Waals surface area contributed by atoms with E-state index >= 15 is 0 Å². The summed E-state index contributed by atoms with van der Waals surface area (Å²) in [6.07, 6.45) is 3.06. The summed E-state index contributed by atoms with van der Waals surface area (Å²) >= 11 is 0. The number of rotatable bonds is 11. The molecule has 1 fully saturated rings. The van der Waals surface area contributed by atoms with Crippen LogP contribution in [0.15, 0.2) is 39.5 Å². The van der Waals surface area contributed by atoms with Crippen molar-refractivity contribution >= 4 is 23.8 Å². The minimum atomic E-state index is -0.955. The number of hydrogen-bond donors (Lipinski definition) is 1. The van der Waals surface area contributed by atoms with Crippen LogP contribution in [0.1, 0.15) is 64.1 Å². The molecular formula is C25H35N5O5. The van der Waals surface area contributed by atoms with Crippen molar-refractivity contribution in [3.63, 3.8) is 0 Å². The van der Waals surface area contributed by atoms with Crippen molar-refractivity contribution in [1.29, 1.82) is 0 Å². The van der Waals surface area contributed by atoms with Crippen molar-refractivity contribution in [2.24, 2.45) is 11.8 Å². The number of ketones is 1. The van der Waals surface area contributed by atoms with Crippen molar-refractivity contribution in [2.45, 2.75) is 72.0 Å². The fourth-order valence-electron chi connectivity index (χ4n) is 4.31. The van der Waals surface area contributed by atoms with Gasteiger partial charge in [-0.05, 0) is 49.7 Å². The van der Waals surface area contributed by atoms with Crippen molar-refractivity contribution in [3.05, 3.63) is 46.8 Å². The summed E-state index contributed by atoms with van der Waals surface area (Å²) in [5, 5.41) is 9.98. The highest BCUT2D eigenvalue weighted by atomic mass is 16.4. The molecule has 1 aromatic heterocycles. The summed E-state index contributed by atoms with van der Waals surface area (Å²) in [6, 6.07) is 7.53. The summed E-state index contributed by atoms with van der Waals surface area (Å²) in [5.41, 5.74) is 0.660. The maximum atomic E-state index is 13.5. The van der Waals surface area contributed by atoms with Gasteiger partial charge in [-0.25, -0.2) is 9.80 Å². The molecule has 2 amide bonds. The first-order chi connectivity index (χ1) is 16.7. The fraction of sp³-hybridized carbons (Fsp3) is 0.560. The molecule has 1 N–H and O–H groups in total. The van der Waals surface area contributed by atoms with E-state index in [0.717, 1.165) is 17.5 Å². The van der Waals surface area contributed by atoms with Gasteiger partial charge in [0.1, 0.15) is 12.1 Å². The van der Waals surface area contributed by atoms with Gasteiger partial charge < -0.3 is 9.73 Å². The van der Waals surface area contributed by atoms with Gasteiger partial charge in [0.25, 0.3) is 5.89 Å². The molecule has 0 radical (unpaired) electrons. The Labute approximate surface area is 205 Å². The lowest BCUT2D eigenvalue weighted by Crippen LogP contribution is -2.60. The number of hydrazine groups is 1. The molecule has 190 valence electrons. The third-order valence-electron chi connectivity index (χ3n) is 5.89. The summed E-state index contributed by atoms with van der Waals surface area (Å²) in [6.45, 7) is 8.48. The standard InChI is InChI=1S/C25H35N5O5/c1-17(2)14-21(22(32)24-27-28(15-18(3)4)25(34)35-24)30(16-31)29-13-9-8-12-20(29)23(33)26-19-10-6-5-7-11-19/h5-7,10-11,16-18,20-21H,8-9,12-15H2,1-4H3,(H,26,33)/t20-,21+/m1/s1. The molecule has 1 aliphatic rings. The third-order valence-corrected chi connectivity index (χ3v) is 5.89. The zero-order chi connectivity index (χ0) is 25.5. The SMILES string of the molecule is CC(C)C[C@@H](C(=O)c1nn(CC(C)C)c(=O)o1)N(C=O)N1CCCC[C@@H]1C(=O)Nc1ccccc1. The van der Waals surface area contributed by atoms with Crippen LogP contribution in [-0.2, 0) is 16.1 Å². The van der Waals surface area contributed by atoms with Gasteiger partial charge in [0, 0.05) is 12.2 Å². The Morgan fingerprint density at radius 1 is 1.17 bits per heavy atom. The molecule has 0 saturated carbocycles. The van der Waals surface area contributed by atoms with Crippen LogP contribution in [0, 0.1) is 11.8 Å². The third kappa shape index (κ3) is 6.66. The zero-order valence-electron chi connectivity index (χ0n) is 20.8. The fourth-order valence-corrected chi connectivity index (χ4v) is 4.31. The largest absolute Gasteiger partial charge is 0.437 e. The average Bonchev–Trinajstić information content (AvgIpc) is 3.18. The van der Waals surface area contributed by atoms with Gasteiger partial charge in [-0.15, -0.1) is 5.10 Å². The van der Waals surface area contributed by atoms with E-state index in [1.54, 1.807) is 17.1 Å². The average molecular weight is 486 g/mol. The van der Waals surface area contributed by atoms with E-state index < -0.39 is 23.6 Å². The lowest BCUT2D eigenvalue weighted by molar-refractivity contribution is -0.154. The molecule has 0 aliphatic carbocycles. The van der Waals surface area contributed by atoms with Crippen molar-refractivity contribution in [2.75, 3.05) is 11.9 Å². The Morgan fingerprint density at radius 3 is 2.51 bits per heavy atom. The number of hydrogen-bond acceptors (Lipinski definition) is 7. The second-order valence-corrected chi connectivity index (χ2v) is 9.77. The van der Waals surface area contributed by atoms with Crippen LogP contribution in [0.3, 0.4) is 0 Å². The number of benzene rings is 1. The van der Waals surface area contributed by atoms with Crippen LogP contribution >= 0.6 is 0 Å². The second-order valence-electron chi connectivity index (χ2n) is 9.77. The topological polar surface area (TPSA) is 118 Å². The van der Waals surface area contributed by atoms with Gasteiger partial charge in [-0.3, -0.25) is 19.4 Å². The Hall–Kier alpha value is -3.27. The summed E-state index contributed by atoms with van der Waals surface area (Å²) in [5.74, 6) is -1.64. The number of para-hydroxylation sites is 1. The van der Waals surface area contributed by atoms with Crippen LogP contribution < -0.4 is 11.1 Å². The van der Waals surface area contributed by atoms with E-state index in [-0.39, 0.29) is 23.6 Å². The quantitative estimate of drug-likeness (QED) is 0.384. The lowest BCUT2D eigenvalue weighted by Gasteiger charge is -2.43. The number of amides is 2. The number of nitrogens with one attached hydrogen (secondary N) is 1. The summed E-state index contributed by atoms with van der Waals surface area (Å²) in [7, 11) is 0. The number of aromatic nitrogens is 2. The number of carbonyl (C=O) groups excluding carboxylic acids is 3. The first kappa shape index (κ1) is 26.3. The predicted octanol–water partition coefficient (Wildman–Crippen LogP) is 2.96. The molecule has 1 saturated heterocycles. The minimum absolute atomic E-state index is 0.0530. The van der Waals surface area contributed by atoms with Crippen LogP contribution in [0.4, 0.5) is 5.69 Å². The zero-order valence-corrected chi connectivity index (χ0v) is 20.8. The first-order valence-electron chi connectivity index (χ1n) is 12.2. The van der Waals surface area contributed by atoms with Gasteiger partial charge in [0.05, 0.1) is 6.54 Å². The molecule has 10 nitrogen and oxygen atoms in total. The van der Waals surface area contributed by atoms with Crippen LogP contribution in [0.2, 0.25) is 0 Å². The van der Waals surface area contributed by atoms with E-state index in [1.807, 2.05) is 45.9 Å². The highest BCUT2D eigenvalue weighted by molar-refractivity contribution is 5.97. The van der Waals surface area contributed by atoms with E-state index in [2.05, 4.69) is 10.4 Å². The number of Topliss-reactive ketones (excluding diaryl/α,β-unsaturated/α-hetero) is 1. The number of nitrogens with zero attached hydrogens (tertiary/aromatic N) is 4. The Morgan fingerprint density at radius 2 is 1.89 bits per heavy atom. The molecule has 2 aromatic rings. The van der Waals surface area contributed by atoms with Gasteiger partial charge in [0.2, 0.25) is 18.1 Å².